The minimum atomic E-state index is -0.0147. The average molecular weight is 316 g/mol. The van der Waals surface area contributed by atoms with E-state index in [4.69, 9.17) is 9.47 Å². The van der Waals surface area contributed by atoms with E-state index < -0.39 is 0 Å². The summed E-state index contributed by atoms with van der Waals surface area (Å²) in [5.41, 5.74) is 4.67. The monoisotopic (exact) mass is 316 g/mol. The standard InChI is InChI=1S/C17H20N2O4/c1-11(17-13(20)5-4-6-14(17)21)19-18-10-12-7-8-15(22-2)16(9-12)23-3/h4-9,18,20-21H,10H2,1-3H3/b19-11+. The molecule has 3 N–H and O–H groups in total. The maximum atomic E-state index is 9.81. The lowest BCUT2D eigenvalue weighted by atomic mass is 10.1. The number of hydrazone groups is 1. The Morgan fingerprint density at radius 3 is 2.30 bits per heavy atom. The van der Waals surface area contributed by atoms with Crippen LogP contribution in [0.1, 0.15) is 18.1 Å². The SMILES string of the molecule is COc1ccc(CN/N=C(\C)c2c(O)cccc2O)cc1OC. The number of hydrogen-bond acceptors (Lipinski definition) is 6. The quantitative estimate of drug-likeness (QED) is 0.563. The topological polar surface area (TPSA) is 83.3 Å². The normalized spacial score (nSPS) is 11.2. The number of ether oxygens (including phenoxy) is 2. The van der Waals surface area contributed by atoms with Gasteiger partial charge < -0.3 is 25.1 Å². The predicted molar refractivity (Wildman–Crippen MR) is 88.4 cm³/mol. The van der Waals surface area contributed by atoms with Crippen molar-refractivity contribution in [2.45, 2.75) is 13.5 Å². The Labute approximate surface area is 135 Å². The molecule has 0 unspecified atom stereocenters. The van der Waals surface area contributed by atoms with Crippen molar-refractivity contribution in [1.29, 1.82) is 0 Å². The molecular formula is C17H20N2O4. The molecule has 0 aliphatic rings. The fraction of sp³-hybridized carbons (Fsp3) is 0.235. The van der Waals surface area contributed by atoms with Gasteiger partial charge in [0.1, 0.15) is 11.5 Å². The average Bonchev–Trinajstić information content (AvgIpc) is 2.54. The zero-order valence-electron chi connectivity index (χ0n) is 13.3. The van der Waals surface area contributed by atoms with E-state index >= 15 is 0 Å². The van der Waals surface area contributed by atoms with Gasteiger partial charge in [-0.25, -0.2) is 0 Å². The zero-order valence-corrected chi connectivity index (χ0v) is 13.3. The summed E-state index contributed by atoms with van der Waals surface area (Å²) in [6, 6.07) is 10.1. The highest BCUT2D eigenvalue weighted by Crippen LogP contribution is 2.28. The molecule has 0 aliphatic heterocycles. The van der Waals surface area contributed by atoms with E-state index in [1.165, 1.54) is 12.1 Å². The van der Waals surface area contributed by atoms with Gasteiger partial charge >= 0.3 is 0 Å². The molecule has 6 heteroatoms. The lowest BCUT2D eigenvalue weighted by molar-refractivity contribution is 0.354. The number of methoxy groups -OCH3 is 2. The number of phenolic OH excluding ortho intramolecular Hbond substituents is 2. The molecule has 0 radical (unpaired) electrons. The number of phenols is 2. The van der Waals surface area contributed by atoms with Gasteiger partial charge in [0.15, 0.2) is 11.5 Å². The number of rotatable bonds is 6. The van der Waals surface area contributed by atoms with Crippen LogP contribution in [0.4, 0.5) is 0 Å². The highest BCUT2D eigenvalue weighted by molar-refractivity contribution is 6.03. The van der Waals surface area contributed by atoms with Crippen molar-refractivity contribution in [2.75, 3.05) is 14.2 Å². The molecule has 6 nitrogen and oxygen atoms in total. The third-order valence-corrected chi connectivity index (χ3v) is 3.36. The van der Waals surface area contributed by atoms with E-state index in [1.807, 2.05) is 18.2 Å². The molecule has 2 aromatic rings. The summed E-state index contributed by atoms with van der Waals surface area (Å²) in [5.74, 6) is 1.28. The van der Waals surface area contributed by atoms with Gasteiger partial charge in [0.25, 0.3) is 0 Å². The van der Waals surface area contributed by atoms with Crippen molar-refractivity contribution in [3.8, 4) is 23.0 Å². The minimum Gasteiger partial charge on any atom is -0.507 e. The molecule has 0 atom stereocenters. The molecule has 23 heavy (non-hydrogen) atoms. The van der Waals surface area contributed by atoms with E-state index in [0.717, 1.165) is 5.56 Å². The van der Waals surface area contributed by atoms with E-state index in [9.17, 15) is 10.2 Å². The lowest BCUT2D eigenvalue weighted by Crippen LogP contribution is -2.09. The second-order valence-electron chi connectivity index (χ2n) is 4.89. The highest BCUT2D eigenvalue weighted by atomic mass is 16.5. The van der Waals surface area contributed by atoms with Crippen LogP contribution in [0.25, 0.3) is 0 Å². The smallest absolute Gasteiger partial charge is 0.161 e. The van der Waals surface area contributed by atoms with Crippen LogP contribution in [-0.2, 0) is 6.54 Å². The van der Waals surface area contributed by atoms with Gasteiger partial charge in [-0.15, -0.1) is 0 Å². The first-order valence-electron chi connectivity index (χ1n) is 7.06. The summed E-state index contributed by atoms with van der Waals surface area (Å²) < 4.78 is 10.4. The van der Waals surface area contributed by atoms with Crippen LogP contribution in [0.2, 0.25) is 0 Å². The van der Waals surface area contributed by atoms with Crippen LogP contribution in [0.5, 0.6) is 23.0 Å². The molecule has 0 spiro atoms. The van der Waals surface area contributed by atoms with Crippen LogP contribution in [0.3, 0.4) is 0 Å². The van der Waals surface area contributed by atoms with Crippen molar-refractivity contribution in [2.24, 2.45) is 5.10 Å². The summed E-state index contributed by atoms with van der Waals surface area (Å²) >= 11 is 0. The van der Waals surface area contributed by atoms with E-state index in [1.54, 1.807) is 27.2 Å². The maximum Gasteiger partial charge on any atom is 0.161 e. The number of aromatic hydroxyl groups is 2. The molecule has 0 aromatic heterocycles. The maximum absolute atomic E-state index is 9.81. The Morgan fingerprint density at radius 2 is 1.70 bits per heavy atom. The van der Waals surface area contributed by atoms with Crippen molar-refractivity contribution in [1.82, 2.24) is 5.43 Å². The van der Waals surface area contributed by atoms with Crippen molar-refractivity contribution < 1.29 is 19.7 Å². The molecule has 0 amide bonds. The summed E-state index contributed by atoms with van der Waals surface area (Å²) in [7, 11) is 3.17. The third-order valence-electron chi connectivity index (χ3n) is 3.36. The van der Waals surface area contributed by atoms with Gasteiger partial charge in [0.2, 0.25) is 0 Å². The molecule has 2 aromatic carbocycles. The van der Waals surface area contributed by atoms with Gasteiger partial charge in [-0.05, 0) is 36.8 Å². The molecule has 0 bridgehead atoms. The zero-order chi connectivity index (χ0) is 16.8. The predicted octanol–water partition coefficient (Wildman–Crippen LogP) is 2.63. The fourth-order valence-corrected chi connectivity index (χ4v) is 2.19. The van der Waals surface area contributed by atoms with Crippen LogP contribution < -0.4 is 14.9 Å². The van der Waals surface area contributed by atoms with Gasteiger partial charge in [-0.3, -0.25) is 0 Å². The minimum absolute atomic E-state index is 0.0147. The molecule has 0 saturated carbocycles. The first kappa shape index (κ1) is 16.5. The number of nitrogens with one attached hydrogen (secondary N) is 1. The summed E-state index contributed by atoms with van der Waals surface area (Å²) in [6.45, 7) is 2.17. The highest BCUT2D eigenvalue weighted by Gasteiger charge is 2.10. The molecule has 0 fully saturated rings. The van der Waals surface area contributed by atoms with Gasteiger partial charge in [0.05, 0.1) is 32.0 Å². The molecular weight excluding hydrogens is 296 g/mol. The summed E-state index contributed by atoms with van der Waals surface area (Å²) in [6.07, 6.45) is 0. The second-order valence-corrected chi connectivity index (χ2v) is 4.89. The molecule has 0 saturated heterocycles. The fourth-order valence-electron chi connectivity index (χ4n) is 2.19. The largest absolute Gasteiger partial charge is 0.507 e. The first-order chi connectivity index (χ1) is 11.1. The van der Waals surface area contributed by atoms with Gasteiger partial charge in [-0.2, -0.15) is 5.10 Å². The number of benzene rings is 2. The van der Waals surface area contributed by atoms with Crippen LogP contribution in [0, 0.1) is 0 Å². The Balaban J connectivity index is 2.09. The van der Waals surface area contributed by atoms with Crippen LogP contribution >= 0.6 is 0 Å². The Hall–Kier alpha value is -2.89. The van der Waals surface area contributed by atoms with Crippen molar-refractivity contribution >= 4 is 5.71 Å². The van der Waals surface area contributed by atoms with Crippen LogP contribution in [-0.4, -0.2) is 30.1 Å². The number of nitrogens with zero attached hydrogens (tertiary/aromatic N) is 1. The van der Waals surface area contributed by atoms with E-state index in [2.05, 4.69) is 10.5 Å². The molecule has 122 valence electrons. The van der Waals surface area contributed by atoms with Crippen molar-refractivity contribution in [3.63, 3.8) is 0 Å². The van der Waals surface area contributed by atoms with Gasteiger partial charge in [-0.1, -0.05) is 12.1 Å². The molecule has 0 heterocycles. The first-order valence-corrected chi connectivity index (χ1v) is 7.06. The van der Waals surface area contributed by atoms with Gasteiger partial charge in [0, 0.05) is 0 Å². The van der Waals surface area contributed by atoms with E-state index in [0.29, 0.717) is 29.3 Å². The summed E-state index contributed by atoms with van der Waals surface area (Å²) in [5, 5.41) is 23.8. The Morgan fingerprint density at radius 1 is 1.04 bits per heavy atom. The Bertz CT molecular complexity index is 693. The summed E-state index contributed by atoms with van der Waals surface area (Å²) in [4.78, 5) is 0. The lowest BCUT2D eigenvalue weighted by Gasteiger charge is -2.10. The number of hydrogen-bond donors (Lipinski definition) is 3. The van der Waals surface area contributed by atoms with Crippen LogP contribution in [0.15, 0.2) is 41.5 Å². The third kappa shape index (κ3) is 3.85. The van der Waals surface area contributed by atoms with E-state index in [-0.39, 0.29) is 11.5 Å². The molecule has 2 rings (SSSR count). The Kier molecular flexibility index (Phi) is 5.30. The second kappa shape index (κ2) is 7.40. The van der Waals surface area contributed by atoms with Crippen molar-refractivity contribution in [3.05, 3.63) is 47.5 Å². The molecule has 0 aliphatic carbocycles.